The number of aryl methyl sites for hydroxylation is 1. The Morgan fingerprint density at radius 1 is 0.396 bits per heavy atom. The van der Waals surface area contributed by atoms with Gasteiger partial charge in [0, 0.05) is 115 Å². The molecule has 4 aromatic heterocycles. The van der Waals surface area contributed by atoms with Crippen LogP contribution in [0, 0.1) is 49.4 Å². The Hall–Kier alpha value is -14.8. The smallest absolute Gasteiger partial charge is 0.512 e. The van der Waals surface area contributed by atoms with Crippen molar-refractivity contribution in [2.75, 3.05) is 4.90 Å². The summed E-state index contributed by atoms with van der Waals surface area (Å²) in [6.45, 7) is 11.5. The standard InChI is InChI=1S/C30H19N.C29H19N2.C16H10N3.C16H12N.C15H10N.3C5H8O2.2Ir.2Pt/c1-4-12-24(13-5-1)26-16-10-20-29(22-26)31(28-18-8-3-9-19-28)30-21-11-17-27(23-30)25-14-6-2-7-15-25;1-19-18-30-28-24-14-12-22(20-8-4-2-5-9-20)16-26(24)27-17-23(21-10-6-3-7-11-21)13-15-25(27)29(28)31-19;1-2-8-13-12(6-1)7-5-11-16(13)19-17-14-9-3-4-10-15(14)18-19;1-3-7-14-12(5-1)9-10-17-11-13-6-2-4-8-15(13)16(14)17;1-2-7-13(8-3-1)15-14-9-5-4-6-12(14)10-11-16-15;3*1-4(6)3-5(2)7;;;;/h1-12,14,16-21H;2-13,15-18H,1H3;1-10H;1-10H,11H2;1-7,9-11H;3*3,6H,1-2H3;;;;/q-4;2*-1;+1;-1;;;;;;;+4/b;;;;;4-3-;;;;;;. The molecule has 18 heteroatoms. The van der Waals surface area contributed by atoms with Crippen LogP contribution in [0.4, 0.5) is 17.1 Å². The molecule has 0 saturated heterocycles. The molecule has 0 aliphatic carbocycles. The first-order valence-corrected chi connectivity index (χ1v) is 44.0. The summed E-state index contributed by atoms with van der Waals surface area (Å²) >= 11 is 0. The number of nitrogens with zero attached hydrogens (tertiary/aromatic N) is 8. The maximum Gasteiger partial charge on any atom is 4.00 e. The van der Waals surface area contributed by atoms with Crippen LogP contribution < -0.4 is 9.47 Å². The molecule has 0 atom stereocenters. The van der Waals surface area contributed by atoms with Crippen LogP contribution in [0.15, 0.2) is 430 Å². The number of hydrogen-bond acceptors (Lipinski definition) is 12. The summed E-state index contributed by atoms with van der Waals surface area (Å²) in [4.78, 5) is 47.9. The van der Waals surface area contributed by atoms with E-state index in [1.165, 1.54) is 120 Å². The fourth-order valence-electron chi connectivity index (χ4n) is 15.7. The van der Waals surface area contributed by atoms with Gasteiger partial charge in [-0.2, -0.15) is 123 Å². The Bertz CT molecular complexity index is 7650. The van der Waals surface area contributed by atoms with E-state index in [1.54, 1.807) is 4.80 Å². The molecule has 0 fully saturated rings. The molecule has 139 heavy (non-hydrogen) atoms. The average molecular weight is 2530 g/mol. The number of aromatic nitrogens is 7. The molecule has 0 amide bonds. The van der Waals surface area contributed by atoms with Crippen molar-refractivity contribution >= 4 is 110 Å². The van der Waals surface area contributed by atoms with Crippen molar-refractivity contribution in [3.63, 3.8) is 0 Å². The first-order chi connectivity index (χ1) is 65.8. The second-order valence-electron chi connectivity index (χ2n) is 31.8. The monoisotopic (exact) mass is 2530 g/mol. The summed E-state index contributed by atoms with van der Waals surface area (Å²) in [5, 5.41) is 45.9. The molecular weight excluding hydrogens is 2440 g/mol. The quantitative estimate of drug-likeness (QED) is 0.0346. The minimum Gasteiger partial charge on any atom is -0.512 e. The predicted molar refractivity (Wildman–Crippen MR) is 547 cm³/mol. The van der Waals surface area contributed by atoms with Crippen LogP contribution in [-0.4, -0.2) is 62.6 Å². The first-order valence-electron chi connectivity index (χ1n) is 44.0. The van der Waals surface area contributed by atoms with E-state index in [4.69, 9.17) is 25.3 Å². The molecule has 1 aliphatic heterocycles. The Kier molecular flexibility index (Phi) is 38.7. The van der Waals surface area contributed by atoms with Gasteiger partial charge in [0.2, 0.25) is 5.69 Å². The summed E-state index contributed by atoms with van der Waals surface area (Å²) in [7, 11) is 0. The van der Waals surface area contributed by atoms with Crippen LogP contribution in [0.3, 0.4) is 0 Å². The van der Waals surface area contributed by atoms with Crippen LogP contribution in [-0.2, 0) is 103 Å². The first kappa shape index (κ1) is 105. The number of ketones is 3. The molecule has 3 N–H and O–H groups in total. The van der Waals surface area contributed by atoms with Crippen molar-refractivity contribution in [2.45, 2.75) is 55.0 Å². The van der Waals surface area contributed by atoms with Gasteiger partial charge in [0.1, 0.15) is 11.0 Å². The van der Waals surface area contributed by atoms with Crippen LogP contribution >= 0.6 is 0 Å². The van der Waals surface area contributed by atoms with Gasteiger partial charge in [-0.15, -0.1) is 101 Å². The summed E-state index contributed by atoms with van der Waals surface area (Å²) in [5.74, 6) is -0.187. The zero-order chi connectivity index (χ0) is 93.9. The molecule has 694 valence electrons. The summed E-state index contributed by atoms with van der Waals surface area (Å²) in [6, 6.07) is 152. The van der Waals surface area contributed by atoms with Gasteiger partial charge in [0.25, 0.3) is 0 Å². The number of allylic oxidation sites excluding steroid dienone is 6. The fourth-order valence-corrected chi connectivity index (χ4v) is 15.7. The zero-order valence-corrected chi connectivity index (χ0v) is 86.2. The zero-order valence-electron chi connectivity index (χ0n) is 76.9. The molecular formula is C121H94Ir2N8O6Pt2-2. The number of carbonyl (C=O) groups excluding carboxylic acids is 3. The normalized spacial score (nSPS) is 10.9. The van der Waals surface area contributed by atoms with Crippen molar-refractivity contribution in [2.24, 2.45) is 0 Å². The number of rotatable bonds is 12. The van der Waals surface area contributed by atoms with Crippen molar-refractivity contribution in [1.29, 1.82) is 0 Å². The predicted octanol–water partition coefficient (Wildman–Crippen LogP) is 28.4. The van der Waals surface area contributed by atoms with Crippen LogP contribution in [0.5, 0.6) is 0 Å². The van der Waals surface area contributed by atoms with Gasteiger partial charge in [-0.3, -0.25) is 19.4 Å². The van der Waals surface area contributed by atoms with E-state index in [0.29, 0.717) is 0 Å². The molecule has 17 aromatic carbocycles. The summed E-state index contributed by atoms with van der Waals surface area (Å²) in [5.41, 5.74) is 23.4. The maximum absolute atomic E-state index is 10.0. The molecule has 1 aliphatic rings. The molecule has 2 radical (unpaired) electrons. The van der Waals surface area contributed by atoms with Gasteiger partial charge in [-0.25, -0.2) is 22.3 Å². The number of aliphatic hydroxyl groups excluding tert-OH is 3. The maximum atomic E-state index is 10.0. The van der Waals surface area contributed by atoms with Gasteiger partial charge >= 0.3 is 21.1 Å². The number of hydrogen-bond donors (Lipinski definition) is 3. The Morgan fingerprint density at radius 3 is 1.40 bits per heavy atom. The molecule has 0 bridgehead atoms. The number of carbonyl (C=O) groups is 3. The number of pyridine rings is 2. The third-order valence-corrected chi connectivity index (χ3v) is 21.5. The van der Waals surface area contributed by atoms with Crippen molar-refractivity contribution in [1.82, 2.24) is 29.9 Å². The Labute approximate surface area is 865 Å². The molecule has 5 heterocycles. The molecule has 0 unspecified atom stereocenters. The van der Waals surface area contributed by atoms with Crippen molar-refractivity contribution in [3.05, 3.63) is 484 Å². The molecule has 22 rings (SSSR count). The molecule has 21 aromatic rings. The minimum atomic E-state index is -0.125. The second-order valence-corrected chi connectivity index (χ2v) is 31.8. The van der Waals surface area contributed by atoms with E-state index in [1.807, 2.05) is 177 Å². The fraction of sp³-hybridized carbons (Fsp3) is 0.0661. The van der Waals surface area contributed by atoms with E-state index in [2.05, 4.69) is 292 Å². The van der Waals surface area contributed by atoms with Gasteiger partial charge in [0.15, 0.2) is 30.1 Å². The van der Waals surface area contributed by atoms with E-state index < -0.39 is 0 Å². The Morgan fingerprint density at radius 2 is 0.863 bits per heavy atom. The van der Waals surface area contributed by atoms with Crippen LogP contribution in [0.25, 0.3) is 149 Å². The number of anilines is 3. The minimum absolute atomic E-state index is 0. The average Bonchev–Trinajstić information content (AvgIpc) is 1.76. The largest absolute Gasteiger partial charge is 4.00 e. The van der Waals surface area contributed by atoms with E-state index in [-0.39, 0.29) is 117 Å². The van der Waals surface area contributed by atoms with E-state index in [0.717, 1.165) is 123 Å². The Balaban J connectivity index is 0.000000160. The van der Waals surface area contributed by atoms with Crippen molar-refractivity contribution < 1.29 is 117 Å². The van der Waals surface area contributed by atoms with Crippen molar-refractivity contribution in [3.8, 4) is 72.7 Å². The topological polar surface area (TPSA) is 188 Å². The third kappa shape index (κ3) is 27.6. The molecule has 14 nitrogen and oxygen atoms in total. The summed E-state index contributed by atoms with van der Waals surface area (Å²) in [6.07, 6.45) is 9.38. The van der Waals surface area contributed by atoms with Gasteiger partial charge < -0.3 is 30.2 Å². The summed E-state index contributed by atoms with van der Waals surface area (Å²) < 4.78 is 2.34. The molecule has 0 spiro atoms. The van der Waals surface area contributed by atoms with Crippen LogP contribution in [0.1, 0.15) is 52.8 Å². The van der Waals surface area contributed by atoms with E-state index >= 15 is 0 Å². The number of fused-ring (bicyclic) bond motifs is 14. The number of benzene rings is 17. The number of para-hydroxylation sites is 1. The van der Waals surface area contributed by atoms with Crippen LogP contribution in [0.2, 0.25) is 0 Å². The van der Waals surface area contributed by atoms with Gasteiger partial charge in [-0.1, -0.05) is 210 Å². The second kappa shape index (κ2) is 51.4. The molecule has 0 saturated carbocycles. The number of aliphatic hydroxyl groups is 3. The van der Waals surface area contributed by atoms with Gasteiger partial charge in [0.05, 0.1) is 39.4 Å². The van der Waals surface area contributed by atoms with Gasteiger partial charge in [-0.05, 0) is 146 Å². The van der Waals surface area contributed by atoms with E-state index in [9.17, 15) is 14.4 Å². The third-order valence-electron chi connectivity index (χ3n) is 21.5. The SMILES string of the molecule is CC(=O)/C=C(/C)O.CC(=O)C=C(C)O.CC(=O)C=C(C)O.Cc1cnc2c3[c-]cc(-c4ccccc4)cc3c3cc(-c4ccccc4)ccc3c2n1.[Ir].[Ir].[Pt+4].[Pt].[c-]1ccc2ccccc2c1-n1nc2ccccc2n1.[c-]1ccccc1-c1[c-]c(N(c2[c-]c(-c3[c-]cccc3)ccc2)c2ccccc2)ccc1.[c-]1ccccc1-c1nccc2ccccc12.c1ccc2c(c1)C[n+]1ccc3ccccc3c1-2.